The fraction of sp³-hybridized carbons (Fsp3) is 0.474. The van der Waals surface area contributed by atoms with Gasteiger partial charge in [0.05, 0.1) is 12.0 Å². The number of amides is 2. The van der Waals surface area contributed by atoms with Crippen molar-refractivity contribution >= 4 is 11.8 Å². The molecule has 2 aliphatic rings. The van der Waals surface area contributed by atoms with E-state index in [4.69, 9.17) is 4.42 Å². The highest BCUT2D eigenvalue weighted by Crippen LogP contribution is 2.38. The van der Waals surface area contributed by atoms with Crippen LogP contribution in [0, 0.1) is 0 Å². The third-order valence-corrected chi connectivity index (χ3v) is 5.18. The van der Waals surface area contributed by atoms with Crippen molar-refractivity contribution in [2.75, 3.05) is 26.2 Å². The molecule has 0 radical (unpaired) electrons. The maximum absolute atomic E-state index is 12.9. The molecular formula is C19H22N4O4. The smallest absolute Gasteiger partial charge is 0.289 e. The summed E-state index contributed by atoms with van der Waals surface area (Å²) in [7, 11) is 0. The molecule has 1 atom stereocenters. The number of rotatable bonds is 4. The second-order valence-electron chi connectivity index (χ2n) is 7.09. The average molecular weight is 370 g/mol. The van der Waals surface area contributed by atoms with Crippen LogP contribution in [-0.2, 0) is 4.79 Å². The molecule has 142 valence electrons. The average Bonchev–Trinajstić information content (AvgIpc) is 3.40. The summed E-state index contributed by atoms with van der Waals surface area (Å²) in [6, 6.07) is 5.89. The maximum Gasteiger partial charge on any atom is 0.289 e. The Kier molecular flexibility index (Phi) is 4.55. The molecule has 2 aromatic rings. The lowest BCUT2D eigenvalue weighted by atomic mass is 10.2. The lowest BCUT2D eigenvalue weighted by Gasteiger charge is -2.35. The first kappa shape index (κ1) is 17.5. The SMILES string of the molecule is CC(C(=O)N1CCN(C(=O)c2ccco2)CC1)n1nc(C2CC2)ccc1=O. The first-order chi connectivity index (χ1) is 13.0. The van der Waals surface area contributed by atoms with E-state index < -0.39 is 6.04 Å². The molecule has 2 fully saturated rings. The summed E-state index contributed by atoms with van der Waals surface area (Å²) in [5.41, 5.74) is 0.606. The molecule has 2 aromatic heterocycles. The molecule has 1 aliphatic carbocycles. The van der Waals surface area contributed by atoms with Crippen LogP contribution in [0.15, 0.2) is 39.7 Å². The molecule has 4 rings (SSSR count). The van der Waals surface area contributed by atoms with Gasteiger partial charge in [-0.1, -0.05) is 0 Å². The van der Waals surface area contributed by atoms with Gasteiger partial charge in [-0.3, -0.25) is 14.4 Å². The van der Waals surface area contributed by atoms with Gasteiger partial charge in [0.1, 0.15) is 6.04 Å². The Hall–Kier alpha value is -2.90. The third kappa shape index (κ3) is 3.51. The van der Waals surface area contributed by atoms with Crippen molar-refractivity contribution in [3.05, 3.63) is 52.3 Å². The Morgan fingerprint density at radius 1 is 1.11 bits per heavy atom. The molecule has 1 aliphatic heterocycles. The van der Waals surface area contributed by atoms with Crippen LogP contribution >= 0.6 is 0 Å². The highest BCUT2D eigenvalue weighted by atomic mass is 16.3. The molecule has 2 amide bonds. The van der Waals surface area contributed by atoms with Gasteiger partial charge in [0, 0.05) is 38.2 Å². The number of nitrogens with zero attached hydrogens (tertiary/aromatic N) is 4. The van der Waals surface area contributed by atoms with Crippen LogP contribution in [0.25, 0.3) is 0 Å². The lowest BCUT2D eigenvalue weighted by Crippen LogP contribution is -2.52. The molecule has 0 aromatic carbocycles. The zero-order valence-corrected chi connectivity index (χ0v) is 15.2. The van der Waals surface area contributed by atoms with Gasteiger partial charge in [-0.25, -0.2) is 4.68 Å². The fourth-order valence-electron chi connectivity index (χ4n) is 3.37. The van der Waals surface area contributed by atoms with Crippen LogP contribution in [0.2, 0.25) is 0 Å². The van der Waals surface area contributed by atoms with E-state index in [2.05, 4.69) is 5.10 Å². The first-order valence-corrected chi connectivity index (χ1v) is 9.26. The minimum atomic E-state index is -0.663. The highest BCUT2D eigenvalue weighted by molar-refractivity contribution is 5.91. The van der Waals surface area contributed by atoms with Crippen LogP contribution in [0.3, 0.4) is 0 Å². The van der Waals surface area contributed by atoms with E-state index >= 15 is 0 Å². The molecule has 8 heteroatoms. The summed E-state index contributed by atoms with van der Waals surface area (Å²) < 4.78 is 6.44. The van der Waals surface area contributed by atoms with Gasteiger partial charge in [-0.15, -0.1) is 0 Å². The van der Waals surface area contributed by atoms with Gasteiger partial charge in [-0.2, -0.15) is 5.10 Å². The molecule has 0 bridgehead atoms. The van der Waals surface area contributed by atoms with Crippen molar-refractivity contribution in [2.45, 2.75) is 31.7 Å². The van der Waals surface area contributed by atoms with Gasteiger partial charge in [0.25, 0.3) is 11.5 Å². The summed E-state index contributed by atoms with van der Waals surface area (Å²) in [6.45, 7) is 3.41. The maximum atomic E-state index is 12.9. The molecule has 1 saturated carbocycles. The van der Waals surface area contributed by atoms with Crippen LogP contribution in [-0.4, -0.2) is 57.6 Å². The summed E-state index contributed by atoms with van der Waals surface area (Å²) >= 11 is 0. The van der Waals surface area contributed by atoms with E-state index in [9.17, 15) is 14.4 Å². The van der Waals surface area contributed by atoms with Crippen molar-refractivity contribution in [3.8, 4) is 0 Å². The molecule has 1 unspecified atom stereocenters. The van der Waals surface area contributed by atoms with E-state index in [1.165, 1.54) is 17.0 Å². The van der Waals surface area contributed by atoms with Crippen LogP contribution < -0.4 is 5.56 Å². The zero-order chi connectivity index (χ0) is 19.0. The molecule has 0 N–H and O–H groups in total. The van der Waals surface area contributed by atoms with Crippen molar-refractivity contribution in [3.63, 3.8) is 0 Å². The van der Waals surface area contributed by atoms with Crippen molar-refractivity contribution in [2.24, 2.45) is 0 Å². The molecular weight excluding hydrogens is 348 g/mol. The van der Waals surface area contributed by atoms with Crippen LogP contribution in [0.5, 0.6) is 0 Å². The van der Waals surface area contributed by atoms with Gasteiger partial charge >= 0.3 is 0 Å². The van der Waals surface area contributed by atoms with Crippen molar-refractivity contribution in [1.82, 2.24) is 19.6 Å². The summed E-state index contributed by atoms with van der Waals surface area (Å²) in [5.74, 6) is 0.393. The lowest BCUT2D eigenvalue weighted by molar-refractivity contribution is -0.136. The van der Waals surface area contributed by atoms with Crippen molar-refractivity contribution < 1.29 is 14.0 Å². The number of furan rings is 1. The number of carbonyl (C=O) groups is 2. The molecule has 0 spiro atoms. The summed E-state index contributed by atoms with van der Waals surface area (Å²) in [5, 5.41) is 4.41. The second-order valence-corrected chi connectivity index (χ2v) is 7.09. The first-order valence-electron chi connectivity index (χ1n) is 9.26. The topological polar surface area (TPSA) is 88.7 Å². The second kappa shape index (κ2) is 7.02. The van der Waals surface area contributed by atoms with Gasteiger partial charge in [0.15, 0.2) is 5.76 Å². The number of hydrogen-bond acceptors (Lipinski definition) is 5. The Morgan fingerprint density at radius 3 is 2.44 bits per heavy atom. The predicted octanol–water partition coefficient (Wildman–Crippen LogP) is 1.26. The highest BCUT2D eigenvalue weighted by Gasteiger charge is 2.31. The zero-order valence-electron chi connectivity index (χ0n) is 15.2. The van der Waals surface area contributed by atoms with Gasteiger partial charge in [0.2, 0.25) is 5.91 Å². The monoisotopic (exact) mass is 370 g/mol. The molecule has 1 saturated heterocycles. The summed E-state index contributed by atoms with van der Waals surface area (Å²) in [6.07, 6.45) is 3.63. The van der Waals surface area contributed by atoms with E-state index in [1.54, 1.807) is 34.9 Å². The number of carbonyl (C=O) groups excluding carboxylic acids is 2. The van der Waals surface area contributed by atoms with Crippen molar-refractivity contribution in [1.29, 1.82) is 0 Å². The summed E-state index contributed by atoms with van der Waals surface area (Å²) in [4.78, 5) is 40.7. The third-order valence-electron chi connectivity index (χ3n) is 5.18. The normalized spacial score (nSPS) is 18.4. The Labute approximate surface area is 156 Å². The fourth-order valence-corrected chi connectivity index (χ4v) is 3.37. The number of hydrogen-bond donors (Lipinski definition) is 0. The van der Waals surface area contributed by atoms with Gasteiger partial charge in [-0.05, 0) is 38.0 Å². The Morgan fingerprint density at radius 2 is 1.81 bits per heavy atom. The standard InChI is InChI=1S/C19H22N4O4/c1-13(23-17(24)7-6-15(20-23)14-4-5-14)18(25)21-8-10-22(11-9-21)19(26)16-3-2-12-27-16/h2-3,6-7,12-14H,4-5,8-11H2,1H3. The Balaban J connectivity index is 1.41. The molecule has 8 nitrogen and oxygen atoms in total. The quantitative estimate of drug-likeness (QED) is 0.808. The molecule has 27 heavy (non-hydrogen) atoms. The number of aromatic nitrogens is 2. The van der Waals surface area contributed by atoms with Crippen LogP contribution in [0.1, 0.15) is 48.0 Å². The largest absolute Gasteiger partial charge is 0.459 e. The van der Waals surface area contributed by atoms with E-state index in [0.29, 0.717) is 37.9 Å². The predicted molar refractivity (Wildman–Crippen MR) is 96.4 cm³/mol. The minimum Gasteiger partial charge on any atom is -0.459 e. The Bertz CT molecular complexity index is 893. The molecule has 3 heterocycles. The van der Waals surface area contributed by atoms with E-state index in [1.807, 2.05) is 0 Å². The van der Waals surface area contributed by atoms with Crippen LogP contribution in [0.4, 0.5) is 0 Å². The van der Waals surface area contributed by atoms with Gasteiger partial charge < -0.3 is 14.2 Å². The van der Waals surface area contributed by atoms with E-state index in [-0.39, 0.29) is 17.4 Å². The minimum absolute atomic E-state index is 0.150. The number of piperazine rings is 1. The van der Waals surface area contributed by atoms with E-state index in [0.717, 1.165) is 18.5 Å².